The highest BCUT2D eigenvalue weighted by molar-refractivity contribution is 7.15. The summed E-state index contributed by atoms with van der Waals surface area (Å²) in [6, 6.07) is 7.77. The Morgan fingerprint density at radius 2 is 2.19 bits per heavy atom. The summed E-state index contributed by atoms with van der Waals surface area (Å²) in [5.41, 5.74) is 1.96. The van der Waals surface area contributed by atoms with E-state index in [4.69, 9.17) is 16.7 Å². The van der Waals surface area contributed by atoms with Crippen LogP contribution in [0.3, 0.4) is 0 Å². The van der Waals surface area contributed by atoms with Crippen LogP contribution < -0.4 is 5.32 Å². The Morgan fingerprint density at radius 1 is 1.43 bits per heavy atom. The van der Waals surface area contributed by atoms with E-state index in [9.17, 15) is 4.79 Å². The van der Waals surface area contributed by atoms with Crippen LogP contribution in [0.4, 0.5) is 5.13 Å². The summed E-state index contributed by atoms with van der Waals surface area (Å²) < 4.78 is 0. The number of hydrogen-bond donors (Lipinski definition) is 2. The molecule has 0 saturated heterocycles. The Morgan fingerprint density at radius 3 is 2.90 bits per heavy atom. The Hall–Kier alpha value is -1.59. The van der Waals surface area contributed by atoms with Crippen LogP contribution in [-0.4, -0.2) is 22.6 Å². The van der Waals surface area contributed by atoms with Crippen LogP contribution >= 0.6 is 22.9 Å². The predicted molar refractivity (Wildman–Crippen MR) is 84.5 cm³/mol. The summed E-state index contributed by atoms with van der Waals surface area (Å²) in [5.74, 6) is -1.20. The number of nitrogens with one attached hydrogen (secondary N) is 1. The van der Waals surface area contributed by atoms with Gasteiger partial charge in [-0.1, -0.05) is 23.7 Å². The van der Waals surface area contributed by atoms with Gasteiger partial charge in [-0.15, -0.1) is 11.3 Å². The van der Waals surface area contributed by atoms with Gasteiger partial charge >= 0.3 is 5.97 Å². The first-order chi connectivity index (χ1) is 10.1. The molecular weight excluding hydrogens is 308 g/mol. The number of carboxylic acid groups (broad SMARTS) is 1. The summed E-state index contributed by atoms with van der Waals surface area (Å²) in [4.78, 5) is 16.7. The van der Waals surface area contributed by atoms with E-state index in [0.717, 1.165) is 40.1 Å². The third-order valence-electron chi connectivity index (χ3n) is 3.62. The molecule has 0 fully saturated rings. The summed E-state index contributed by atoms with van der Waals surface area (Å²) >= 11 is 7.43. The van der Waals surface area contributed by atoms with Gasteiger partial charge < -0.3 is 10.4 Å². The van der Waals surface area contributed by atoms with Crippen molar-refractivity contribution in [2.75, 3.05) is 11.9 Å². The number of aliphatic carboxylic acids is 1. The summed E-state index contributed by atoms with van der Waals surface area (Å²) in [7, 11) is 0. The maximum atomic E-state index is 11.1. The van der Waals surface area contributed by atoms with Gasteiger partial charge in [0, 0.05) is 16.4 Å². The monoisotopic (exact) mass is 322 g/mol. The number of thiazole rings is 1. The van der Waals surface area contributed by atoms with Gasteiger partial charge in [-0.05, 0) is 37.0 Å². The molecule has 0 aliphatic heterocycles. The molecule has 1 aliphatic rings. The third kappa shape index (κ3) is 3.19. The fourth-order valence-corrected chi connectivity index (χ4v) is 3.70. The highest BCUT2D eigenvalue weighted by atomic mass is 35.5. The number of halogens is 1. The van der Waals surface area contributed by atoms with Gasteiger partial charge in [0.25, 0.3) is 0 Å². The lowest BCUT2D eigenvalue weighted by Gasteiger charge is -2.04. The van der Waals surface area contributed by atoms with E-state index in [1.165, 1.54) is 5.56 Å². The van der Waals surface area contributed by atoms with E-state index in [2.05, 4.69) is 10.3 Å². The van der Waals surface area contributed by atoms with Crippen molar-refractivity contribution < 1.29 is 9.90 Å². The van der Waals surface area contributed by atoms with E-state index in [-0.39, 0.29) is 0 Å². The molecule has 6 heteroatoms. The highest BCUT2D eigenvalue weighted by Crippen LogP contribution is 2.38. The predicted octanol–water partition coefficient (Wildman–Crippen LogP) is 3.57. The second-order valence-corrected chi connectivity index (χ2v) is 6.58. The SMILES string of the molecule is O=C(O)C1CCc2sc(NCCc3ccc(Cl)cc3)nc21. The minimum absolute atomic E-state index is 0.428. The zero-order valence-corrected chi connectivity index (χ0v) is 12.9. The van der Waals surface area contributed by atoms with Crippen molar-refractivity contribution in [2.24, 2.45) is 0 Å². The molecule has 1 aromatic heterocycles. The number of aryl methyl sites for hydroxylation is 1. The molecule has 2 aromatic rings. The highest BCUT2D eigenvalue weighted by Gasteiger charge is 2.32. The zero-order valence-electron chi connectivity index (χ0n) is 11.3. The number of nitrogens with zero attached hydrogens (tertiary/aromatic N) is 1. The number of carboxylic acids is 1. The van der Waals surface area contributed by atoms with Crippen molar-refractivity contribution in [1.82, 2.24) is 4.98 Å². The molecular formula is C15H15ClN2O2S. The molecule has 0 bridgehead atoms. The first kappa shape index (κ1) is 14.4. The van der Waals surface area contributed by atoms with Crippen LogP contribution in [0.25, 0.3) is 0 Å². The van der Waals surface area contributed by atoms with E-state index in [0.29, 0.717) is 6.42 Å². The van der Waals surface area contributed by atoms with Gasteiger partial charge in [-0.2, -0.15) is 0 Å². The van der Waals surface area contributed by atoms with E-state index >= 15 is 0 Å². The van der Waals surface area contributed by atoms with Crippen LogP contribution in [0.5, 0.6) is 0 Å². The quantitative estimate of drug-likeness (QED) is 0.883. The topological polar surface area (TPSA) is 62.2 Å². The van der Waals surface area contributed by atoms with Gasteiger partial charge in [0.15, 0.2) is 5.13 Å². The second kappa shape index (κ2) is 6.03. The van der Waals surface area contributed by atoms with Crippen LogP contribution in [0.15, 0.2) is 24.3 Å². The first-order valence-corrected chi connectivity index (χ1v) is 8.03. The normalized spacial score (nSPS) is 16.7. The lowest BCUT2D eigenvalue weighted by molar-refractivity contribution is -0.138. The zero-order chi connectivity index (χ0) is 14.8. The Bertz CT molecular complexity index is 654. The number of aromatic nitrogens is 1. The van der Waals surface area contributed by atoms with Crippen LogP contribution in [0.1, 0.15) is 28.5 Å². The molecule has 2 N–H and O–H groups in total. The van der Waals surface area contributed by atoms with E-state index in [1.54, 1.807) is 11.3 Å². The van der Waals surface area contributed by atoms with E-state index < -0.39 is 11.9 Å². The van der Waals surface area contributed by atoms with Crippen molar-refractivity contribution in [3.05, 3.63) is 45.4 Å². The number of anilines is 1. The molecule has 0 spiro atoms. The smallest absolute Gasteiger partial charge is 0.312 e. The average molecular weight is 323 g/mol. The number of carbonyl (C=O) groups is 1. The Labute approximate surface area is 131 Å². The average Bonchev–Trinajstić information content (AvgIpc) is 3.00. The number of benzene rings is 1. The maximum Gasteiger partial charge on any atom is 0.312 e. The molecule has 1 atom stereocenters. The van der Waals surface area contributed by atoms with Crippen molar-refractivity contribution >= 4 is 34.0 Å². The molecule has 1 heterocycles. The van der Waals surface area contributed by atoms with Crippen molar-refractivity contribution in [1.29, 1.82) is 0 Å². The number of rotatable bonds is 5. The molecule has 21 heavy (non-hydrogen) atoms. The third-order valence-corrected chi connectivity index (χ3v) is 4.96. The van der Waals surface area contributed by atoms with Crippen LogP contribution in [0.2, 0.25) is 5.02 Å². The van der Waals surface area contributed by atoms with Crippen LogP contribution in [-0.2, 0) is 17.6 Å². The second-order valence-electron chi connectivity index (χ2n) is 5.06. The molecule has 3 rings (SSSR count). The summed E-state index contributed by atoms with van der Waals surface area (Å²) in [6.45, 7) is 0.770. The fourth-order valence-electron chi connectivity index (χ4n) is 2.51. The minimum atomic E-state index is -0.772. The summed E-state index contributed by atoms with van der Waals surface area (Å²) in [6.07, 6.45) is 2.38. The molecule has 1 aliphatic carbocycles. The Kier molecular flexibility index (Phi) is 4.12. The molecule has 0 radical (unpaired) electrons. The lowest BCUT2D eigenvalue weighted by Crippen LogP contribution is -2.09. The number of hydrogen-bond acceptors (Lipinski definition) is 4. The number of fused-ring (bicyclic) bond motifs is 1. The lowest BCUT2D eigenvalue weighted by atomic mass is 10.1. The van der Waals surface area contributed by atoms with Crippen molar-refractivity contribution in [3.63, 3.8) is 0 Å². The summed E-state index contributed by atoms with van der Waals surface area (Å²) in [5, 5.41) is 14.0. The van der Waals surface area contributed by atoms with Crippen molar-refractivity contribution in [3.8, 4) is 0 Å². The van der Waals surface area contributed by atoms with Gasteiger partial charge in [0.2, 0.25) is 0 Å². The minimum Gasteiger partial charge on any atom is -0.481 e. The first-order valence-electron chi connectivity index (χ1n) is 6.84. The van der Waals surface area contributed by atoms with Gasteiger partial charge in [-0.3, -0.25) is 4.79 Å². The van der Waals surface area contributed by atoms with Gasteiger partial charge in [0.1, 0.15) is 5.92 Å². The fraction of sp³-hybridized carbons (Fsp3) is 0.333. The molecule has 110 valence electrons. The van der Waals surface area contributed by atoms with Gasteiger partial charge in [0.05, 0.1) is 5.69 Å². The molecule has 4 nitrogen and oxygen atoms in total. The maximum absolute atomic E-state index is 11.1. The molecule has 1 unspecified atom stereocenters. The van der Waals surface area contributed by atoms with Crippen LogP contribution in [0, 0.1) is 0 Å². The molecule has 0 saturated carbocycles. The van der Waals surface area contributed by atoms with Gasteiger partial charge in [-0.25, -0.2) is 4.98 Å². The largest absolute Gasteiger partial charge is 0.481 e. The Balaban J connectivity index is 1.58. The molecule has 1 aromatic carbocycles. The standard InChI is InChI=1S/C15H15ClN2O2S/c16-10-3-1-9(2-4-10)7-8-17-15-18-13-11(14(19)20)5-6-12(13)21-15/h1-4,11H,5-8H2,(H,17,18)(H,19,20). The molecule has 0 amide bonds. The van der Waals surface area contributed by atoms with Crippen molar-refractivity contribution in [2.45, 2.75) is 25.2 Å². The van der Waals surface area contributed by atoms with E-state index in [1.807, 2.05) is 24.3 Å².